The van der Waals surface area contributed by atoms with Crippen molar-refractivity contribution in [3.8, 4) is 0 Å². The number of hydrogen-bond donors (Lipinski definition) is 3. The van der Waals surface area contributed by atoms with Gasteiger partial charge < -0.3 is 15.5 Å². The van der Waals surface area contributed by atoms with Gasteiger partial charge in [-0.15, -0.1) is 0 Å². The third-order valence-electron chi connectivity index (χ3n) is 2.33. The molecule has 2 aromatic heterocycles. The molecule has 0 bridgehead atoms. The van der Waals surface area contributed by atoms with Gasteiger partial charge in [-0.1, -0.05) is 0 Å². The molecule has 6 nitrogen and oxygen atoms in total. The number of anilines is 1. The normalized spacial score (nSPS) is 12.1. The maximum atomic E-state index is 10.9. The van der Waals surface area contributed by atoms with Gasteiger partial charge >= 0.3 is 5.97 Å². The van der Waals surface area contributed by atoms with Gasteiger partial charge in [-0.2, -0.15) is 11.3 Å². The summed E-state index contributed by atoms with van der Waals surface area (Å²) < 4.78 is 0. The topological polar surface area (TPSA) is 95.3 Å². The molecule has 0 saturated carbocycles. The average Bonchev–Trinajstić information content (AvgIpc) is 2.90. The van der Waals surface area contributed by atoms with Crippen molar-refractivity contribution < 1.29 is 15.0 Å². The highest BCUT2D eigenvalue weighted by Crippen LogP contribution is 2.17. The van der Waals surface area contributed by atoms with Crippen molar-refractivity contribution in [3.05, 3.63) is 40.5 Å². The Kier molecular flexibility index (Phi) is 3.85. The van der Waals surface area contributed by atoms with Crippen LogP contribution in [0.1, 0.15) is 22.0 Å². The average molecular weight is 265 g/mol. The minimum atomic E-state index is -1.11. The first-order valence-electron chi connectivity index (χ1n) is 5.16. The van der Waals surface area contributed by atoms with E-state index in [4.69, 9.17) is 5.11 Å². The molecule has 0 radical (unpaired) electrons. The molecule has 0 aliphatic rings. The van der Waals surface area contributed by atoms with E-state index in [1.807, 2.05) is 16.8 Å². The van der Waals surface area contributed by atoms with Gasteiger partial charge in [0.25, 0.3) is 0 Å². The largest absolute Gasteiger partial charge is 0.477 e. The summed E-state index contributed by atoms with van der Waals surface area (Å²) in [6, 6.07) is 1.81. The second-order valence-corrected chi connectivity index (χ2v) is 4.32. The zero-order chi connectivity index (χ0) is 13.0. The summed E-state index contributed by atoms with van der Waals surface area (Å²) in [5.41, 5.74) is 0.772. The monoisotopic (exact) mass is 265 g/mol. The van der Waals surface area contributed by atoms with Gasteiger partial charge in [-0.05, 0) is 22.4 Å². The van der Waals surface area contributed by atoms with Gasteiger partial charge in [0, 0.05) is 12.7 Å². The molecular formula is C11H11N3O3S. The van der Waals surface area contributed by atoms with Crippen molar-refractivity contribution in [2.24, 2.45) is 0 Å². The van der Waals surface area contributed by atoms with Gasteiger partial charge in [0.05, 0.1) is 6.10 Å². The third-order valence-corrected chi connectivity index (χ3v) is 3.03. The number of hydrogen-bond acceptors (Lipinski definition) is 6. The van der Waals surface area contributed by atoms with Crippen LogP contribution in [-0.2, 0) is 0 Å². The summed E-state index contributed by atoms with van der Waals surface area (Å²) >= 11 is 1.49. The number of rotatable bonds is 5. The van der Waals surface area contributed by atoms with Crippen LogP contribution in [0, 0.1) is 0 Å². The molecule has 0 aromatic carbocycles. The van der Waals surface area contributed by atoms with E-state index in [-0.39, 0.29) is 17.9 Å². The van der Waals surface area contributed by atoms with Crippen LogP contribution in [0.5, 0.6) is 0 Å². The molecule has 0 amide bonds. The van der Waals surface area contributed by atoms with E-state index in [2.05, 4.69) is 15.3 Å². The van der Waals surface area contributed by atoms with Crippen LogP contribution in [0.4, 0.5) is 5.82 Å². The molecule has 1 unspecified atom stereocenters. The van der Waals surface area contributed by atoms with Crippen LogP contribution in [0.25, 0.3) is 0 Å². The summed E-state index contributed by atoms with van der Waals surface area (Å²) in [6.45, 7) is 0.189. The van der Waals surface area contributed by atoms with Crippen LogP contribution in [0.2, 0.25) is 0 Å². The van der Waals surface area contributed by atoms with Gasteiger partial charge in [0.2, 0.25) is 0 Å². The maximum Gasteiger partial charge on any atom is 0.341 e. The second kappa shape index (κ2) is 5.56. The van der Waals surface area contributed by atoms with Crippen molar-refractivity contribution in [2.75, 3.05) is 11.9 Å². The van der Waals surface area contributed by atoms with E-state index < -0.39 is 12.1 Å². The molecule has 0 spiro atoms. The van der Waals surface area contributed by atoms with Crippen molar-refractivity contribution in [2.45, 2.75) is 6.10 Å². The Morgan fingerprint density at radius 1 is 1.56 bits per heavy atom. The lowest BCUT2D eigenvalue weighted by molar-refractivity contribution is 0.0697. The number of thiophene rings is 1. The van der Waals surface area contributed by atoms with E-state index >= 15 is 0 Å². The zero-order valence-electron chi connectivity index (χ0n) is 9.28. The number of aromatic nitrogens is 2. The van der Waals surface area contributed by atoms with E-state index in [0.717, 1.165) is 5.56 Å². The van der Waals surface area contributed by atoms with Crippen molar-refractivity contribution >= 4 is 23.1 Å². The third kappa shape index (κ3) is 2.82. The summed E-state index contributed by atoms with van der Waals surface area (Å²) in [7, 11) is 0. The summed E-state index contributed by atoms with van der Waals surface area (Å²) in [5.74, 6) is -0.907. The fourth-order valence-corrected chi connectivity index (χ4v) is 2.11. The van der Waals surface area contributed by atoms with Gasteiger partial charge in [-0.3, -0.25) is 0 Å². The van der Waals surface area contributed by atoms with Crippen molar-refractivity contribution in [3.63, 3.8) is 0 Å². The zero-order valence-corrected chi connectivity index (χ0v) is 10.1. The number of aromatic carboxylic acids is 1. The highest BCUT2D eigenvalue weighted by atomic mass is 32.1. The van der Waals surface area contributed by atoms with Gasteiger partial charge in [-0.25, -0.2) is 14.8 Å². The molecule has 2 aromatic rings. The van der Waals surface area contributed by atoms with Crippen LogP contribution in [0.3, 0.4) is 0 Å². The SMILES string of the molecule is O=C(O)c1cncnc1NCC(O)c1ccsc1. The molecular weight excluding hydrogens is 254 g/mol. The minimum Gasteiger partial charge on any atom is -0.477 e. The van der Waals surface area contributed by atoms with Crippen molar-refractivity contribution in [1.29, 1.82) is 0 Å². The van der Waals surface area contributed by atoms with Crippen LogP contribution >= 0.6 is 11.3 Å². The molecule has 0 aliphatic carbocycles. The Bertz CT molecular complexity index is 530. The lowest BCUT2D eigenvalue weighted by Crippen LogP contribution is -2.15. The predicted molar refractivity (Wildman–Crippen MR) is 66.8 cm³/mol. The summed E-state index contributed by atoms with van der Waals surface area (Å²) in [4.78, 5) is 18.4. The molecule has 3 N–H and O–H groups in total. The summed E-state index contributed by atoms with van der Waals surface area (Å²) in [5, 5.41) is 25.3. The highest BCUT2D eigenvalue weighted by molar-refractivity contribution is 7.07. The second-order valence-electron chi connectivity index (χ2n) is 3.54. The first kappa shape index (κ1) is 12.5. The standard InChI is InChI=1S/C11H11N3O3S/c15-9(7-1-2-18-5-7)4-13-10-8(11(16)17)3-12-6-14-10/h1-3,5-6,9,15H,4H2,(H,16,17)(H,12,13,14). The van der Waals surface area contributed by atoms with E-state index in [0.29, 0.717) is 0 Å². The molecule has 0 fully saturated rings. The number of carboxylic acid groups (broad SMARTS) is 1. The smallest absolute Gasteiger partial charge is 0.341 e. The number of carbonyl (C=O) groups is 1. The Morgan fingerprint density at radius 2 is 2.39 bits per heavy atom. The molecule has 1 atom stereocenters. The van der Waals surface area contributed by atoms with Gasteiger partial charge in [0.1, 0.15) is 17.7 Å². The van der Waals surface area contributed by atoms with Crippen molar-refractivity contribution in [1.82, 2.24) is 9.97 Å². The Morgan fingerprint density at radius 3 is 3.06 bits per heavy atom. The van der Waals surface area contributed by atoms with Gasteiger partial charge in [0.15, 0.2) is 0 Å². The Labute approximate surface area is 107 Å². The highest BCUT2D eigenvalue weighted by Gasteiger charge is 2.13. The molecule has 0 aliphatic heterocycles. The molecule has 2 rings (SSSR count). The fraction of sp³-hybridized carbons (Fsp3) is 0.182. The van der Waals surface area contributed by atoms with Crippen LogP contribution < -0.4 is 5.32 Å². The van der Waals surface area contributed by atoms with E-state index in [1.165, 1.54) is 23.9 Å². The Hall–Kier alpha value is -1.99. The molecule has 0 saturated heterocycles. The molecule has 18 heavy (non-hydrogen) atoms. The minimum absolute atomic E-state index is 0.0185. The number of carboxylic acids is 1. The van der Waals surface area contributed by atoms with E-state index in [9.17, 15) is 9.90 Å². The fourth-order valence-electron chi connectivity index (χ4n) is 1.40. The summed E-state index contributed by atoms with van der Waals surface area (Å²) in [6.07, 6.45) is 1.77. The molecule has 7 heteroatoms. The first-order valence-corrected chi connectivity index (χ1v) is 6.10. The first-order chi connectivity index (χ1) is 8.68. The number of nitrogens with one attached hydrogen (secondary N) is 1. The van der Waals surface area contributed by atoms with E-state index in [1.54, 1.807) is 0 Å². The number of aliphatic hydroxyl groups excluding tert-OH is 1. The van der Waals surface area contributed by atoms with Crippen LogP contribution in [-0.4, -0.2) is 32.7 Å². The lowest BCUT2D eigenvalue weighted by Gasteiger charge is -2.12. The predicted octanol–water partition coefficient (Wildman–Crippen LogP) is 1.38. The molecule has 94 valence electrons. The lowest BCUT2D eigenvalue weighted by atomic mass is 10.2. The van der Waals surface area contributed by atoms with Crippen LogP contribution in [0.15, 0.2) is 29.4 Å². The number of aliphatic hydroxyl groups is 1. The number of nitrogens with zero attached hydrogens (tertiary/aromatic N) is 2. The maximum absolute atomic E-state index is 10.9. The Balaban J connectivity index is 2.04. The molecule has 2 heterocycles. The quantitative estimate of drug-likeness (QED) is 0.756.